The molecule has 6 nitrogen and oxygen atoms in total. The summed E-state index contributed by atoms with van der Waals surface area (Å²) in [7, 11) is 3.00. The average molecular weight is 616 g/mol. The van der Waals surface area contributed by atoms with Gasteiger partial charge in [-0.05, 0) is 87.4 Å². The number of hydrogen-bond acceptors (Lipinski definition) is 6. The molecule has 1 aliphatic heterocycles. The second-order valence-corrected chi connectivity index (χ2v) is 10.3. The summed E-state index contributed by atoms with van der Waals surface area (Å²) in [5.41, 5.74) is 2.87. The Morgan fingerprint density at radius 1 is 1.09 bits per heavy atom. The van der Waals surface area contributed by atoms with Gasteiger partial charge in [-0.1, -0.05) is 40.2 Å². The van der Waals surface area contributed by atoms with Gasteiger partial charge in [0.05, 0.1) is 27.7 Å². The van der Waals surface area contributed by atoms with Crippen LogP contribution in [-0.4, -0.2) is 36.1 Å². The van der Waals surface area contributed by atoms with Crippen molar-refractivity contribution in [2.75, 3.05) is 14.2 Å². The van der Waals surface area contributed by atoms with Crippen molar-refractivity contribution in [3.05, 3.63) is 97.3 Å². The molecular formula is C26H20Br2N2O4S. The van der Waals surface area contributed by atoms with E-state index in [1.165, 1.54) is 23.8 Å². The maximum Gasteiger partial charge on any atom is 0.337 e. The van der Waals surface area contributed by atoms with Gasteiger partial charge in [-0.3, -0.25) is 9.69 Å². The maximum atomic E-state index is 12.8. The van der Waals surface area contributed by atoms with Gasteiger partial charge in [0, 0.05) is 11.5 Å². The fraction of sp³-hybridized carbons (Fsp3) is 0.115. The van der Waals surface area contributed by atoms with Gasteiger partial charge in [-0.15, -0.1) is 0 Å². The van der Waals surface area contributed by atoms with E-state index in [9.17, 15) is 9.59 Å². The number of carbonyl (C=O) groups is 2. The van der Waals surface area contributed by atoms with E-state index in [1.807, 2.05) is 48.5 Å². The summed E-state index contributed by atoms with van der Waals surface area (Å²) in [6.45, 7) is 0.447. The number of likely N-dealkylation sites (N-methyl/N-ethyl adjacent to an activating group) is 1. The minimum atomic E-state index is -0.439. The molecule has 1 amide bonds. The van der Waals surface area contributed by atoms with Gasteiger partial charge in [-0.25, -0.2) is 9.79 Å². The van der Waals surface area contributed by atoms with Crippen molar-refractivity contribution < 1.29 is 19.1 Å². The SMILES string of the molecule is COC(=O)c1cccc(N=C2SC(=Cc3ccc(OCc4ccc(Br)cc4)c(Br)c3)C(=O)N2C)c1. The molecular weight excluding hydrogens is 596 g/mol. The van der Waals surface area contributed by atoms with E-state index >= 15 is 0 Å². The van der Waals surface area contributed by atoms with Gasteiger partial charge in [0.2, 0.25) is 0 Å². The first kappa shape index (κ1) is 25.2. The molecule has 0 radical (unpaired) electrons. The van der Waals surface area contributed by atoms with Crippen molar-refractivity contribution in [2.45, 2.75) is 6.61 Å². The number of thioether (sulfide) groups is 1. The van der Waals surface area contributed by atoms with Crippen LogP contribution in [0.1, 0.15) is 21.5 Å². The molecule has 0 atom stereocenters. The molecule has 178 valence electrons. The zero-order chi connectivity index (χ0) is 24.9. The molecule has 1 heterocycles. The first-order valence-corrected chi connectivity index (χ1v) is 12.9. The maximum absolute atomic E-state index is 12.8. The zero-order valence-corrected chi connectivity index (χ0v) is 22.8. The number of aliphatic imine (C=N–C) groups is 1. The third kappa shape index (κ3) is 6.22. The number of ether oxygens (including phenoxy) is 2. The third-order valence-electron chi connectivity index (χ3n) is 5.06. The number of benzene rings is 3. The lowest BCUT2D eigenvalue weighted by Crippen LogP contribution is -2.23. The summed E-state index contributed by atoms with van der Waals surface area (Å²) in [4.78, 5) is 31.2. The van der Waals surface area contributed by atoms with Crippen LogP contribution in [0.15, 0.2) is 85.6 Å². The van der Waals surface area contributed by atoms with E-state index in [2.05, 4.69) is 36.9 Å². The van der Waals surface area contributed by atoms with Crippen LogP contribution in [-0.2, 0) is 16.1 Å². The number of methoxy groups -OCH3 is 1. The smallest absolute Gasteiger partial charge is 0.337 e. The van der Waals surface area contributed by atoms with Crippen molar-refractivity contribution in [3.8, 4) is 5.75 Å². The minimum Gasteiger partial charge on any atom is -0.488 e. The lowest BCUT2D eigenvalue weighted by molar-refractivity contribution is -0.121. The topological polar surface area (TPSA) is 68.2 Å². The standard InChI is InChI=1S/C26H20Br2N2O4S/c1-30-24(31)23(35-26(30)29-20-5-3-4-18(14-20)25(32)33-2)13-17-8-11-22(21(28)12-17)34-15-16-6-9-19(27)10-7-16/h3-14H,15H2,1-2H3. The first-order valence-electron chi connectivity index (χ1n) is 10.5. The van der Waals surface area contributed by atoms with E-state index in [0.717, 1.165) is 20.1 Å². The summed E-state index contributed by atoms with van der Waals surface area (Å²) < 4.78 is 12.5. The van der Waals surface area contributed by atoms with Crippen molar-refractivity contribution in [1.29, 1.82) is 0 Å². The summed E-state index contributed by atoms with van der Waals surface area (Å²) in [5.74, 6) is 0.126. The molecule has 0 spiro atoms. The van der Waals surface area contributed by atoms with E-state index in [1.54, 1.807) is 31.3 Å². The van der Waals surface area contributed by atoms with Crippen molar-refractivity contribution >= 4 is 72.4 Å². The van der Waals surface area contributed by atoms with Gasteiger partial charge in [-0.2, -0.15) is 0 Å². The third-order valence-corrected chi connectivity index (χ3v) is 7.27. The highest BCUT2D eigenvalue weighted by atomic mass is 79.9. The van der Waals surface area contributed by atoms with E-state index in [4.69, 9.17) is 9.47 Å². The molecule has 0 aromatic heterocycles. The predicted molar refractivity (Wildman–Crippen MR) is 146 cm³/mol. The van der Waals surface area contributed by atoms with Crippen LogP contribution in [0.4, 0.5) is 5.69 Å². The molecule has 35 heavy (non-hydrogen) atoms. The van der Waals surface area contributed by atoms with Crippen LogP contribution in [0.3, 0.4) is 0 Å². The Hall–Kier alpha value is -2.88. The van der Waals surface area contributed by atoms with Crippen molar-refractivity contribution in [2.24, 2.45) is 4.99 Å². The molecule has 0 bridgehead atoms. The normalized spacial score (nSPS) is 15.7. The number of amides is 1. The van der Waals surface area contributed by atoms with Crippen LogP contribution >= 0.6 is 43.6 Å². The molecule has 9 heteroatoms. The Bertz CT molecular complexity index is 1340. The quantitative estimate of drug-likeness (QED) is 0.225. The monoisotopic (exact) mass is 614 g/mol. The highest BCUT2D eigenvalue weighted by Crippen LogP contribution is 2.35. The van der Waals surface area contributed by atoms with Gasteiger partial charge in [0.15, 0.2) is 5.17 Å². The van der Waals surface area contributed by atoms with Crippen LogP contribution < -0.4 is 4.74 Å². The molecule has 1 fully saturated rings. The molecule has 1 aliphatic rings. The fourth-order valence-electron chi connectivity index (χ4n) is 3.20. The minimum absolute atomic E-state index is 0.149. The summed E-state index contributed by atoms with van der Waals surface area (Å²) in [6.07, 6.45) is 1.82. The molecule has 0 saturated carbocycles. The average Bonchev–Trinajstić information content (AvgIpc) is 3.11. The van der Waals surface area contributed by atoms with Gasteiger partial charge in [0.25, 0.3) is 5.91 Å². The lowest BCUT2D eigenvalue weighted by atomic mass is 10.2. The highest BCUT2D eigenvalue weighted by molar-refractivity contribution is 9.10. The second kappa shape index (κ2) is 11.2. The molecule has 3 aromatic rings. The predicted octanol–water partition coefficient (Wildman–Crippen LogP) is 6.81. The summed E-state index contributed by atoms with van der Waals surface area (Å²) in [6, 6.07) is 20.4. The largest absolute Gasteiger partial charge is 0.488 e. The van der Waals surface area contributed by atoms with Crippen LogP contribution in [0.5, 0.6) is 5.75 Å². The molecule has 0 N–H and O–H groups in total. The van der Waals surface area contributed by atoms with E-state index in [-0.39, 0.29) is 5.91 Å². The number of carbonyl (C=O) groups excluding carboxylic acids is 2. The van der Waals surface area contributed by atoms with Gasteiger partial charge >= 0.3 is 5.97 Å². The molecule has 3 aromatic carbocycles. The van der Waals surface area contributed by atoms with Gasteiger partial charge < -0.3 is 9.47 Å². The molecule has 0 unspecified atom stereocenters. The number of halogens is 2. The Morgan fingerprint density at radius 2 is 1.86 bits per heavy atom. The second-order valence-electron chi connectivity index (χ2n) is 7.52. The van der Waals surface area contributed by atoms with E-state index < -0.39 is 5.97 Å². The van der Waals surface area contributed by atoms with E-state index in [0.29, 0.717) is 33.7 Å². The summed E-state index contributed by atoms with van der Waals surface area (Å²) >= 11 is 8.27. The van der Waals surface area contributed by atoms with Crippen molar-refractivity contribution in [3.63, 3.8) is 0 Å². The highest BCUT2D eigenvalue weighted by Gasteiger charge is 2.30. The number of amidine groups is 1. The first-order chi connectivity index (χ1) is 16.8. The number of nitrogens with zero attached hydrogens (tertiary/aromatic N) is 2. The van der Waals surface area contributed by atoms with Crippen LogP contribution in [0, 0.1) is 0 Å². The molecule has 1 saturated heterocycles. The Morgan fingerprint density at radius 3 is 2.57 bits per heavy atom. The van der Waals surface area contributed by atoms with Crippen LogP contribution in [0.25, 0.3) is 6.08 Å². The zero-order valence-electron chi connectivity index (χ0n) is 18.8. The number of hydrogen-bond donors (Lipinski definition) is 0. The van der Waals surface area contributed by atoms with Crippen LogP contribution in [0.2, 0.25) is 0 Å². The number of esters is 1. The number of rotatable bonds is 6. The Labute approximate surface area is 224 Å². The molecule has 0 aliphatic carbocycles. The Balaban J connectivity index is 1.49. The fourth-order valence-corrected chi connectivity index (χ4v) is 4.96. The van der Waals surface area contributed by atoms with Gasteiger partial charge in [0.1, 0.15) is 12.4 Å². The van der Waals surface area contributed by atoms with Crippen molar-refractivity contribution in [1.82, 2.24) is 4.90 Å². The Kier molecular flexibility index (Phi) is 8.10. The molecule has 4 rings (SSSR count). The lowest BCUT2D eigenvalue weighted by Gasteiger charge is -2.09. The summed E-state index contributed by atoms with van der Waals surface area (Å²) in [5, 5.41) is 0.525.